The van der Waals surface area contributed by atoms with Crippen LogP contribution in [-0.4, -0.2) is 5.78 Å². The fourth-order valence-corrected chi connectivity index (χ4v) is 9.81. The Morgan fingerprint density at radius 2 is 0.565 bits per heavy atom. The van der Waals surface area contributed by atoms with E-state index >= 15 is 0 Å². The third-order valence-corrected chi connectivity index (χ3v) is 14.4. The van der Waals surface area contributed by atoms with Crippen LogP contribution in [0.3, 0.4) is 0 Å². The molecule has 0 atom stereocenters. The lowest BCUT2D eigenvalue weighted by molar-refractivity contribution is 0.103. The molecular weight excluding hydrogens is 1140 g/mol. The number of carbonyl (C=O) groups is 1. The Morgan fingerprint density at radius 3 is 0.902 bits per heavy atom. The first-order chi connectivity index (χ1) is 45.1. The molecule has 0 unspecified atom stereocenters. The van der Waals surface area contributed by atoms with Crippen LogP contribution in [0.1, 0.15) is 110 Å². The lowest BCUT2D eigenvalue weighted by Gasteiger charge is -2.16. The highest BCUT2D eigenvalue weighted by Gasteiger charge is 2.21. The van der Waals surface area contributed by atoms with E-state index < -0.39 is 0 Å². The average Bonchev–Trinajstić information content (AvgIpc) is 0.945. The summed E-state index contributed by atoms with van der Waals surface area (Å²) in [6.45, 7) is 8.00. The zero-order chi connectivity index (χ0) is 64.8. The Labute approximate surface area is 535 Å². The van der Waals surface area contributed by atoms with Gasteiger partial charge in [-0.15, -0.1) is 0 Å². The van der Waals surface area contributed by atoms with Crippen LogP contribution >= 0.6 is 0 Å². The molecule has 0 aliphatic heterocycles. The van der Waals surface area contributed by atoms with Crippen molar-refractivity contribution in [2.45, 2.75) is 47.0 Å². The zero-order valence-corrected chi connectivity index (χ0v) is 50.8. The molecule has 11 aromatic rings. The first kappa shape index (κ1) is 63.5. The lowest BCUT2D eigenvalue weighted by atomic mass is 9.92. The van der Waals surface area contributed by atoms with Gasteiger partial charge in [-0.25, -0.2) is 0 Å². The van der Waals surface area contributed by atoms with Crippen molar-refractivity contribution in [3.05, 3.63) is 321 Å². The van der Waals surface area contributed by atoms with Crippen molar-refractivity contribution in [2.75, 3.05) is 0 Å². The summed E-state index contributed by atoms with van der Waals surface area (Å²) in [6.07, 6.45) is 1.75. The smallest absolute Gasteiger partial charge is 0.197 e. The molecule has 0 spiro atoms. The van der Waals surface area contributed by atoms with E-state index in [-0.39, 0.29) is 33.6 Å². The van der Waals surface area contributed by atoms with Crippen molar-refractivity contribution in [3.63, 3.8) is 0 Å². The quantitative estimate of drug-likeness (QED) is 0.0693. The summed E-state index contributed by atoms with van der Waals surface area (Å²) >= 11 is 0. The molecule has 444 valence electrons. The summed E-state index contributed by atoms with van der Waals surface area (Å²) in [5.74, 6) is 5.07. The van der Waals surface area contributed by atoms with Gasteiger partial charge < -0.3 is 23.7 Å². The zero-order valence-electron chi connectivity index (χ0n) is 50.8. The highest BCUT2D eigenvalue weighted by atomic mass is 16.5. The molecule has 0 aliphatic rings. The molecule has 12 nitrogen and oxygen atoms in total. The SMILES string of the molecule is CC.CC.N#Cc1ccc(Oc2ccc(Cc3ccc(Cc4cccc(Oc5ccc(Cc6ccc(Oc7ccc(C#N)c(C#N)c7)cc6)cc5)c4C(=O)c4ccc(Oc5ccc(-c6ccc(Oc7ccc(C#N)c(C#N)c7)cc6)cc5)cc4)cc3)cc2)cc1C#N. The summed E-state index contributed by atoms with van der Waals surface area (Å²) in [4.78, 5) is 14.9. The van der Waals surface area contributed by atoms with Gasteiger partial charge in [0.05, 0.1) is 38.9 Å². The Kier molecular flexibility index (Phi) is 21.5. The van der Waals surface area contributed by atoms with Gasteiger partial charge >= 0.3 is 0 Å². The van der Waals surface area contributed by atoms with Crippen LogP contribution in [0.5, 0.6) is 57.5 Å². The molecule has 0 bridgehead atoms. The van der Waals surface area contributed by atoms with E-state index in [0.717, 1.165) is 44.5 Å². The number of carbonyl (C=O) groups excluding carboxylic acids is 1. The first-order valence-corrected chi connectivity index (χ1v) is 29.7. The molecule has 0 saturated heterocycles. The molecule has 11 aromatic carbocycles. The third kappa shape index (κ3) is 16.2. The van der Waals surface area contributed by atoms with Gasteiger partial charge in [-0.2, -0.15) is 31.6 Å². The summed E-state index contributed by atoms with van der Waals surface area (Å²) in [7, 11) is 0. The number of ketones is 1. The van der Waals surface area contributed by atoms with E-state index in [1.807, 2.05) is 204 Å². The number of rotatable bonds is 19. The Balaban J connectivity index is 0.00000245. The predicted octanol–water partition coefficient (Wildman–Crippen LogP) is 19.6. The monoisotopic (exact) mass is 1200 g/mol. The second-order valence-corrected chi connectivity index (χ2v) is 20.3. The van der Waals surface area contributed by atoms with Crippen molar-refractivity contribution >= 4 is 5.78 Å². The van der Waals surface area contributed by atoms with Gasteiger partial charge in [0, 0.05) is 5.56 Å². The largest absolute Gasteiger partial charge is 0.457 e. The molecule has 0 aliphatic carbocycles. The van der Waals surface area contributed by atoms with Gasteiger partial charge in [0.2, 0.25) is 0 Å². The number of benzene rings is 11. The number of hydrogen-bond acceptors (Lipinski definition) is 12. The highest BCUT2D eigenvalue weighted by Crippen LogP contribution is 2.35. The van der Waals surface area contributed by atoms with Crippen LogP contribution in [0, 0.1) is 68.0 Å². The molecular formula is C80H58N6O6. The Hall–Kier alpha value is -13.0. The summed E-state index contributed by atoms with van der Waals surface area (Å²) in [5.41, 5.74) is 10.4. The molecule has 12 heteroatoms. The molecule has 0 fully saturated rings. The topological polar surface area (TPSA) is 206 Å². The third-order valence-electron chi connectivity index (χ3n) is 14.4. The Bertz CT molecular complexity index is 4470. The van der Waals surface area contributed by atoms with E-state index in [0.29, 0.717) is 93.4 Å². The summed E-state index contributed by atoms with van der Waals surface area (Å²) in [6, 6.07) is 85.9. The molecule has 0 amide bonds. The predicted molar refractivity (Wildman–Crippen MR) is 353 cm³/mol. The summed E-state index contributed by atoms with van der Waals surface area (Å²) < 4.78 is 30.8. The van der Waals surface area contributed by atoms with Gasteiger partial charge in [0.25, 0.3) is 0 Å². The van der Waals surface area contributed by atoms with Crippen molar-refractivity contribution in [1.29, 1.82) is 31.6 Å². The van der Waals surface area contributed by atoms with Crippen molar-refractivity contribution in [2.24, 2.45) is 0 Å². The van der Waals surface area contributed by atoms with Gasteiger partial charge in [-0.1, -0.05) is 125 Å². The second kappa shape index (κ2) is 31.1. The van der Waals surface area contributed by atoms with Crippen molar-refractivity contribution in [3.8, 4) is 105 Å². The van der Waals surface area contributed by atoms with Crippen LogP contribution in [0.25, 0.3) is 11.1 Å². The standard InChI is InChI=1S/C76H46N6O6.2C2H6/c77-44-59-20-35-71(41-62(59)47-80)85-65-23-8-51(9-24-65)38-50-4-6-54(7-5-50)40-58-2-1-3-74(88-70-27-12-53(13-28-70)39-52-10-25-66(26-11-52)86-72-36-21-60(45-78)63(42-72)48-81)75(58)76(83)57-18-33-68(34-19-57)84-67-29-14-55(15-30-67)56-16-31-69(32-17-56)87-73-37-22-61(46-79)64(43-73)49-82;2*1-2/h1-37,41-43H,38-40H2;2*1-2H3. The molecule has 0 saturated carbocycles. The minimum atomic E-state index is -0.218. The van der Waals surface area contributed by atoms with E-state index in [4.69, 9.17) is 23.7 Å². The van der Waals surface area contributed by atoms with Gasteiger partial charge in [0.15, 0.2) is 5.78 Å². The van der Waals surface area contributed by atoms with E-state index in [9.17, 15) is 36.4 Å². The van der Waals surface area contributed by atoms with Crippen LogP contribution in [0.15, 0.2) is 243 Å². The summed E-state index contributed by atoms with van der Waals surface area (Å²) in [5, 5.41) is 56.1. The average molecular weight is 1200 g/mol. The molecule has 0 radical (unpaired) electrons. The number of nitriles is 6. The molecule has 0 aromatic heterocycles. The molecule has 0 N–H and O–H groups in total. The normalized spacial score (nSPS) is 10.1. The van der Waals surface area contributed by atoms with E-state index in [1.54, 1.807) is 78.9 Å². The maximum Gasteiger partial charge on any atom is 0.197 e. The minimum absolute atomic E-state index is 0.218. The maximum absolute atomic E-state index is 14.9. The van der Waals surface area contributed by atoms with E-state index in [1.165, 1.54) is 0 Å². The van der Waals surface area contributed by atoms with E-state index in [2.05, 4.69) is 24.3 Å². The van der Waals surface area contributed by atoms with Crippen LogP contribution in [0.2, 0.25) is 0 Å². The highest BCUT2D eigenvalue weighted by molar-refractivity contribution is 6.12. The van der Waals surface area contributed by atoms with Crippen LogP contribution in [-0.2, 0) is 19.3 Å². The maximum atomic E-state index is 14.9. The second-order valence-electron chi connectivity index (χ2n) is 20.3. The van der Waals surface area contributed by atoms with Gasteiger partial charge in [-0.05, 0) is 209 Å². The van der Waals surface area contributed by atoms with Crippen LogP contribution in [0.4, 0.5) is 0 Å². The van der Waals surface area contributed by atoms with Crippen molar-refractivity contribution in [1.82, 2.24) is 0 Å². The fraction of sp³-hybridized carbons (Fsp3) is 0.0875. The molecule has 0 heterocycles. The minimum Gasteiger partial charge on any atom is -0.457 e. The first-order valence-electron chi connectivity index (χ1n) is 29.7. The van der Waals surface area contributed by atoms with Crippen molar-refractivity contribution < 1.29 is 28.5 Å². The van der Waals surface area contributed by atoms with Crippen LogP contribution < -0.4 is 23.7 Å². The number of hydrogen-bond donors (Lipinski definition) is 0. The number of ether oxygens (including phenoxy) is 5. The Morgan fingerprint density at radius 1 is 0.293 bits per heavy atom. The molecule has 11 rings (SSSR count). The molecule has 92 heavy (non-hydrogen) atoms. The lowest BCUT2D eigenvalue weighted by Crippen LogP contribution is -2.08. The number of nitrogens with zero attached hydrogens (tertiary/aromatic N) is 6. The fourth-order valence-electron chi connectivity index (χ4n) is 9.81. The van der Waals surface area contributed by atoms with Gasteiger partial charge in [-0.3, -0.25) is 4.79 Å². The van der Waals surface area contributed by atoms with Gasteiger partial charge in [0.1, 0.15) is 93.9 Å².